The summed E-state index contributed by atoms with van der Waals surface area (Å²) in [6.07, 6.45) is 1.88. The fourth-order valence-corrected chi connectivity index (χ4v) is 2.11. The van der Waals surface area contributed by atoms with Crippen LogP contribution in [0.15, 0.2) is 35.5 Å². The average molecular weight is 318 g/mol. The molecule has 0 spiro atoms. The summed E-state index contributed by atoms with van der Waals surface area (Å²) in [4.78, 5) is 15.6. The second-order valence-corrected chi connectivity index (χ2v) is 5.50. The molecule has 6 nitrogen and oxygen atoms in total. The summed E-state index contributed by atoms with van der Waals surface area (Å²) in [6, 6.07) is 5.20. The molecule has 1 atom stereocenters. The topological polar surface area (TPSA) is 103 Å². The highest BCUT2D eigenvalue weighted by atomic mass is 16.5. The van der Waals surface area contributed by atoms with E-state index in [1.54, 1.807) is 19.1 Å². The van der Waals surface area contributed by atoms with Crippen molar-refractivity contribution >= 4 is 17.4 Å². The van der Waals surface area contributed by atoms with E-state index in [2.05, 4.69) is 23.8 Å². The van der Waals surface area contributed by atoms with Gasteiger partial charge in [0.15, 0.2) is 0 Å². The lowest BCUT2D eigenvalue weighted by Crippen LogP contribution is -2.14. The Labute approximate surface area is 137 Å². The van der Waals surface area contributed by atoms with E-state index in [0.717, 1.165) is 24.2 Å². The number of carbonyl (C=O) groups excluding carboxylic acids is 1. The molecule has 0 aliphatic rings. The van der Waals surface area contributed by atoms with Crippen LogP contribution < -0.4 is 21.5 Å². The van der Waals surface area contributed by atoms with Gasteiger partial charge in [0.25, 0.3) is 5.91 Å². The zero-order valence-corrected chi connectivity index (χ0v) is 14.1. The minimum Gasteiger partial charge on any atom is -0.496 e. The molecule has 0 unspecified atom stereocenters. The van der Waals surface area contributed by atoms with Gasteiger partial charge in [0.05, 0.1) is 18.5 Å². The summed E-state index contributed by atoms with van der Waals surface area (Å²) in [7, 11) is 1.50. The summed E-state index contributed by atoms with van der Waals surface area (Å²) in [5.41, 5.74) is 12.8. The molecule has 1 amide bonds. The molecule has 23 heavy (non-hydrogen) atoms. The zero-order chi connectivity index (χ0) is 17.4. The second-order valence-electron chi connectivity index (χ2n) is 5.50. The van der Waals surface area contributed by atoms with E-state index in [1.165, 1.54) is 7.11 Å². The van der Waals surface area contributed by atoms with Crippen molar-refractivity contribution in [3.8, 4) is 5.75 Å². The van der Waals surface area contributed by atoms with Crippen molar-refractivity contribution < 1.29 is 9.53 Å². The first-order valence-electron chi connectivity index (χ1n) is 7.55. The van der Waals surface area contributed by atoms with E-state index >= 15 is 0 Å². The molecule has 0 aliphatic carbocycles. The Hall–Kier alpha value is -2.50. The van der Waals surface area contributed by atoms with Gasteiger partial charge in [-0.05, 0) is 43.9 Å². The van der Waals surface area contributed by atoms with Crippen LogP contribution >= 0.6 is 0 Å². The highest BCUT2D eigenvalue weighted by Crippen LogP contribution is 2.24. The summed E-state index contributed by atoms with van der Waals surface area (Å²) in [5, 5.41) is 3.22. The maximum Gasteiger partial charge on any atom is 0.252 e. The summed E-state index contributed by atoms with van der Waals surface area (Å²) < 4.78 is 5.13. The number of nitrogens with one attached hydrogen (secondary N) is 1. The number of amides is 1. The van der Waals surface area contributed by atoms with Crippen molar-refractivity contribution in [3.63, 3.8) is 0 Å². The highest BCUT2D eigenvalue weighted by Gasteiger charge is 2.12. The number of aliphatic imine (C=N–C) groups is 1. The minimum absolute atomic E-state index is 0.266. The Morgan fingerprint density at radius 1 is 1.43 bits per heavy atom. The number of primary amides is 1. The number of hydrogen-bond donors (Lipinski definition) is 3. The van der Waals surface area contributed by atoms with Crippen LogP contribution in [0.2, 0.25) is 0 Å². The Kier molecular flexibility index (Phi) is 7.12. The van der Waals surface area contributed by atoms with Crippen molar-refractivity contribution in [2.45, 2.75) is 26.7 Å². The fourth-order valence-electron chi connectivity index (χ4n) is 2.11. The Bertz CT molecular complexity index is 592. The molecular formula is C17H26N4O2. The lowest BCUT2D eigenvalue weighted by molar-refractivity contribution is 0.0997. The third kappa shape index (κ3) is 6.02. The molecule has 0 saturated heterocycles. The molecule has 0 fully saturated rings. The molecule has 0 aromatic heterocycles. The van der Waals surface area contributed by atoms with E-state index in [0.29, 0.717) is 23.7 Å². The number of rotatable bonds is 9. The SMILES string of the molecule is C=C(Nc1ccc(OC)c(C(N)=O)c1)[C@H](C)CCCN=C(C)N. The monoisotopic (exact) mass is 318 g/mol. The van der Waals surface area contributed by atoms with E-state index in [4.69, 9.17) is 16.2 Å². The quantitative estimate of drug-likeness (QED) is 0.370. The van der Waals surface area contributed by atoms with Gasteiger partial charge in [0, 0.05) is 17.9 Å². The fraction of sp³-hybridized carbons (Fsp3) is 0.412. The van der Waals surface area contributed by atoms with Crippen LogP contribution in [0.4, 0.5) is 5.69 Å². The van der Waals surface area contributed by atoms with Gasteiger partial charge in [-0.25, -0.2) is 0 Å². The van der Waals surface area contributed by atoms with Crippen LogP contribution in [-0.4, -0.2) is 25.4 Å². The number of ether oxygens (including phenoxy) is 1. The molecule has 0 saturated carbocycles. The number of methoxy groups -OCH3 is 1. The lowest BCUT2D eigenvalue weighted by Gasteiger charge is -2.17. The highest BCUT2D eigenvalue weighted by molar-refractivity contribution is 5.96. The standard InChI is InChI=1S/C17H26N4O2/c1-11(6-5-9-20-13(3)18)12(2)21-14-7-8-16(23-4)15(10-14)17(19)22/h7-8,10-11,21H,2,5-6,9H2,1,3-4H3,(H2,18,20)(H2,19,22)/t11-/m1/s1. The van der Waals surface area contributed by atoms with Crippen molar-refractivity contribution in [1.82, 2.24) is 0 Å². The first-order chi connectivity index (χ1) is 10.8. The van der Waals surface area contributed by atoms with Crippen LogP contribution in [0.1, 0.15) is 37.0 Å². The molecule has 1 rings (SSSR count). The number of allylic oxidation sites excluding steroid dienone is 1. The smallest absolute Gasteiger partial charge is 0.252 e. The molecule has 6 heteroatoms. The molecule has 0 bridgehead atoms. The lowest BCUT2D eigenvalue weighted by atomic mass is 10.0. The van der Waals surface area contributed by atoms with Crippen LogP contribution in [-0.2, 0) is 0 Å². The molecular weight excluding hydrogens is 292 g/mol. The van der Waals surface area contributed by atoms with Gasteiger partial charge in [-0.3, -0.25) is 9.79 Å². The summed E-state index contributed by atoms with van der Waals surface area (Å²) in [6.45, 7) is 8.65. The van der Waals surface area contributed by atoms with E-state index < -0.39 is 5.91 Å². The number of benzene rings is 1. The number of amidine groups is 1. The predicted molar refractivity (Wildman–Crippen MR) is 94.8 cm³/mol. The minimum atomic E-state index is -0.529. The van der Waals surface area contributed by atoms with Gasteiger partial charge in [-0.2, -0.15) is 0 Å². The Morgan fingerprint density at radius 3 is 2.70 bits per heavy atom. The molecule has 1 aromatic carbocycles. The van der Waals surface area contributed by atoms with Gasteiger partial charge in [-0.15, -0.1) is 0 Å². The number of nitrogens with two attached hydrogens (primary N) is 2. The first-order valence-corrected chi connectivity index (χ1v) is 7.55. The maximum absolute atomic E-state index is 11.5. The number of carbonyl (C=O) groups is 1. The predicted octanol–water partition coefficient (Wildman–Crippen LogP) is 2.51. The second kappa shape index (κ2) is 8.82. The van der Waals surface area contributed by atoms with Crippen molar-refractivity contribution in [2.24, 2.45) is 22.4 Å². The first kappa shape index (κ1) is 18.5. The van der Waals surface area contributed by atoms with Crippen molar-refractivity contribution in [1.29, 1.82) is 0 Å². The molecule has 5 N–H and O–H groups in total. The van der Waals surface area contributed by atoms with Crippen LogP contribution in [0.3, 0.4) is 0 Å². The van der Waals surface area contributed by atoms with Gasteiger partial charge < -0.3 is 21.5 Å². The van der Waals surface area contributed by atoms with Crippen LogP contribution in [0.25, 0.3) is 0 Å². The third-order valence-electron chi connectivity index (χ3n) is 3.52. The van der Waals surface area contributed by atoms with Gasteiger partial charge in [-0.1, -0.05) is 13.5 Å². The van der Waals surface area contributed by atoms with Crippen molar-refractivity contribution in [2.75, 3.05) is 19.0 Å². The van der Waals surface area contributed by atoms with Crippen LogP contribution in [0, 0.1) is 5.92 Å². The molecule has 0 heterocycles. The van der Waals surface area contributed by atoms with Gasteiger partial charge >= 0.3 is 0 Å². The van der Waals surface area contributed by atoms with Gasteiger partial charge in [0.1, 0.15) is 5.75 Å². The van der Waals surface area contributed by atoms with E-state index in [-0.39, 0.29) is 5.92 Å². The Balaban J connectivity index is 2.64. The van der Waals surface area contributed by atoms with Crippen LogP contribution in [0.5, 0.6) is 5.75 Å². The maximum atomic E-state index is 11.5. The number of anilines is 1. The molecule has 0 radical (unpaired) electrons. The number of nitrogens with zero attached hydrogens (tertiary/aromatic N) is 1. The van der Waals surface area contributed by atoms with Crippen molar-refractivity contribution in [3.05, 3.63) is 36.0 Å². The molecule has 1 aromatic rings. The largest absolute Gasteiger partial charge is 0.496 e. The van der Waals surface area contributed by atoms with E-state index in [9.17, 15) is 4.79 Å². The summed E-state index contributed by atoms with van der Waals surface area (Å²) in [5.74, 6) is 0.796. The van der Waals surface area contributed by atoms with Gasteiger partial charge in [0.2, 0.25) is 0 Å². The third-order valence-corrected chi connectivity index (χ3v) is 3.52. The normalized spacial score (nSPS) is 12.6. The van der Waals surface area contributed by atoms with E-state index in [1.807, 2.05) is 6.07 Å². The molecule has 126 valence electrons. The number of hydrogen-bond acceptors (Lipinski definition) is 4. The summed E-state index contributed by atoms with van der Waals surface area (Å²) >= 11 is 0. The average Bonchev–Trinajstić information content (AvgIpc) is 2.50. The Morgan fingerprint density at radius 2 is 2.13 bits per heavy atom. The molecule has 0 aliphatic heterocycles. The zero-order valence-electron chi connectivity index (χ0n) is 14.1.